The maximum atomic E-state index is 12.3. The van der Waals surface area contributed by atoms with Gasteiger partial charge in [0.1, 0.15) is 6.54 Å². The molecule has 1 unspecified atom stereocenters. The number of rotatable bonds is 9. The van der Waals surface area contributed by atoms with Crippen molar-refractivity contribution in [2.24, 2.45) is 0 Å². The second-order valence-corrected chi connectivity index (χ2v) is 8.67. The average molecular weight is 491 g/mol. The van der Waals surface area contributed by atoms with Crippen LogP contribution in [0.2, 0.25) is 10.0 Å². The van der Waals surface area contributed by atoms with E-state index in [1.165, 1.54) is 39.3 Å². The van der Waals surface area contributed by atoms with Gasteiger partial charge in [0.05, 0.1) is 29.2 Å². The standard InChI is InChI=1S/C19H20Cl2N2O7S/c1-11(19(25)23-12-4-7-16(28-2)17(8-12)29-3)30-18(24)10-22-31(26,27)13-5-6-14(20)15(21)9-13/h4-9,11,22H,10H2,1-3H3,(H,23,25). The SMILES string of the molecule is COc1ccc(NC(=O)C(C)OC(=O)CNS(=O)(=O)c2ccc(Cl)c(Cl)c2)cc1OC. The molecule has 1 atom stereocenters. The number of ether oxygens (including phenoxy) is 3. The number of anilines is 1. The smallest absolute Gasteiger partial charge is 0.321 e. The molecule has 0 aliphatic heterocycles. The number of carbonyl (C=O) groups excluding carboxylic acids is 2. The van der Waals surface area contributed by atoms with Crippen molar-refractivity contribution in [2.45, 2.75) is 17.9 Å². The number of halogens is 2. The van der Waals surface area contributed by atoms with Gasteiger partial charge in [0, 0.05) is 11.8 Å². The summed E-state index contributed by atoms with van der Waals surface area (Å²) in [7, 11) is -1.10. The van der Waals surface area contributed by atoms with Gasteiger partial charge in [0.25, 0.3) is 5.91 Å². The number of esters is 1. The summed E-state index contributed by atoms with van der Waals surface area (Å²) < 4.78 is 41.8. The Bertz CT molecular complexity index is 1080. The van der Waals surface area contributed by atoms with Gasteiger partial charge in [-0.1, -0.05) is 23.2 Å². The van der Waals surface area contributed by atoms with Crippen LogP contribution >= 0.6 is 23.2 Å². The molecule has 0 saturated heterocycles. The first-order valence-corrected chi connectivity index (χ1v) is 11.0. The predicted octanol–water partition coefficient (Wildman–Crippen LogP) is 2.86. The summed E-state index contributed by atoms with van der Waals surface area (Å²) in [6.45, 7) is 0.665. The van der Waals surface area contributed by atoms with E-state index in [0.717, 1.165) is 6.07 Å². The van der Waals surface area contributed by atoms with Crippen molar-refractivity contribution in [1.82, 2.24) is 4.72 Å². The first-order valence-electron chi connectivity index (χ1n) is 8.74. The average Bonchev–Trinajstić information content (AvgIpc) is 2.74. The number of nitrogens with one attached hydrogen (secondary N) is 2. The fourth-order valence-corrected chi connectivity index (χ4v) is 3.69. The summed E-state index contributed by atoms with van der Waals surface area (Å²) in [6.07, 6.45) is -1.19. The first-order chi connectivity index (χ1) is 14.6. The Morgan fingerprint density at radius 1 is 1.00 bits per heavy atom. The van der Waals surface area contributed by atoms with Crippen LogP contribution in [0.1, 0.15) is 6.92 Å². The molecule has 2 N–H and O–H groups in total. The maximum Gasteiger partial charge on any atom is 0.321 e. The third-order valence-corrected chi connectivity index (χ3v) is 6.07. The number of carbonyl (C=O) groups is 2. The molecule has 0 aromatic heterocycles. The van der Waals surface area contributed by atoms with E-state index in [9.17, 15) is 18.0 Å². The van der Waals surface area contributed by atoms with E-state index in [-0.39, 0.29) is 14.9 Å². The van der Waals surface area contributed by atoms with Crippen molar-refractivity contribution in [3.8, 4) is 11.5 Å². The van der Waals surface area contributed by atoms with E-state index < -0.39 is 34.5 Å². The minimum Gasteiger partial charge on any atom is -0.493 e. The number of amides is 1. The van der Waals surface area contributed by atoms with Crippen molar-refractivity contribution in [2.75, 3.05) is 26.1 Å². The number of hydrogen-bond donors (Lipinski definition) is 2. The molecule has 0 heterocycles. The maximum absolute atomic E-state index is 12.3. The van der Waals surface area contributed by atoms with Gasteiger partial charge in [0.2, 0.25) is 10.0 Å². The molecule has 2 aromatic rings. The third kappa shape index (κ3) is 6.73. The van der Waals surface area contributed by atoms with E-state index >= 15 is 0 Å². The monoisotopic (exact) mass is 490 g/mol. The molecular weight excluding hydrogens is 471 g/mol. The fraction of sp³-hybridized carbons (Fsp3) is 0.263. The highest BCUT2D eigenvalue weighted by molar-refractivity contribution is 7.89. The van der Waals surface area contributed by atoms with Gasteiger partial charge in [0.15, 0.2) is 17.6 Å². The molecule has 0 spiro atoms. The van der Waals surface area contributed by atoms with Crippen LogP contribution in [-0.2, 0) is 24.3 Å². The molecule has 12 heteroatoms. The lowest BCUT2D eigenvalue weighted by Crippen LogP contribution is -2.35. The lowest BCUT2D eigenvalue weighted by molar-refractivity contribution is -0.151. The Hall–Kier alpha value is -2.53. The van der Waals surface area contributed by atoms with Crippen LogP contribution in [-0.4, -0.2) is 47.2 Å². The van der Waals surface area contributed by atoms with Gasteiger partial charge in [-0.05, 0) is 37.3 Å². The van der Waals surface area contributed by atoms with Crippen molar-refractivity contribution < 1.29 is 32.2 Å². The molecule has 9 nitrogen and oxygen atoms in total. The molecule has 2 rings (SSSR count). The second kappa shape index (κ2) is 10.7. The van der Waals surface area contributed by atoms with Gasteiger partial charge in [-0.2, -0.15) is 4.72 Å². The van der Waals surface area contributed by atoms with Crippen LogP contribution < -0.4 is 19.5 Å². The van der Waals surface area contributed by atoms with Gasteiger partial charge in [-0.3, -0.25) is 9.59 Å². The Labute approximate surface area is 189 Å². The topological polar surface area (TPSA) is 120 Å². The number of methoxy groups -OCH3 is 2. The summed E-state index contributed by atoms with van der Waals surface area (Å²) in [4.78, 5) is 24.1. The van der Waals surface area contributed by atoms with Gasteiger partial charge < -0.3 is 19.5 Å². The Morgan fingerprint density at radius 3 is 2.29 bits per heavy atom. The van der Waals surface area contributed by atoms with Crippen LogP contribution in [0.4, 0.5) is 5.69 Å². The summed E-state index contributed by atoms with van der Waals surface area (Å²) in [5.74, 6) is -0.678. The summed E-state index contributed by atoms with van der Waals surface area (Å²) in [5, 5.41) is 2.80. The van der Waals surface area contributed by atoms with Crippen LogP contribution in [0.3, 0.4) is 0 Å². The zero-order valence-electron chi connectivity index (χ0n) is 16.8. The molecule has 0 fully saturated rings. The number of hydrogen-bond acceptors (Lipinski definition) is 7. The lowest BCUT2D eigenvalue weighted by atomic mass is 10.2. The predicted molar refractivity (Wildman–Crippen MR) is 115 cm³/mol. The molecular formula is C19H20Cl2N2O7S. The zero-order chi connectivity index (χ0) is 23.2. The van der Waals surface area contributed by atoms with Gasteiger partial charge in [-0.15, -0.1) is 0 Å². The van der Waals surface area contributed by atoms with Crippen LogP contribution in [0.25, 0.3) is 0 Å². The Morgan fingerprint density at radius 2 is 1.68 bits per heavy atom. The molecule has 0 saturated carbocycles. The molecule has 0 bridgehead atoms. The fourth-order valence-electron chi connectivity index (χ4n) is 2.33. The highest BCUT2D eigenvalue weighted by atomic mass is 35.5. The van der Waals surface area contributed by atoms with E-state index in [2.05, 4.69) is 10.0 Å². The van der Waals surface area contributed by atoms with Crippen molar-refractivity contribution in [1.29, 1.82) is 0 Å². The molecule has 0 aliphatic rings. The Kier molecular flexibility index (Phi) is 8.52. The second-order valence-electron chi connectivity index (χ2n) is 6.09. The minimum absolute atomic E-state index is 0.0487. The van der Waals surface area contributed by atoms with Crippen LogP contribution in [0, 0.1) is 0 Å². The molecule has 0 radical (unpaired) electrons. The van der Waals surface area contributed by atoms with E-state index in [4.69, 9.17) is 37.4 Å². The molecule has 2 aromatic carbocycles. The summed E-state index contributed by atoms with van der Waals surface area (Å²) in [6, 6.07) is 8.42. The van der Waals surface area contributed by atoms with Gasteiger partial charge >= 0.3 is 5.97 Å². The van der Waals surface area contributed by atoms with E-state index in [1.54, 1.807) is 12.1 Å². The molecule has 31 heavy (non-hydrogen) atoms. The highest BCUT2D eigenvalue weighted by Crippen LogP contribution is 2.29. The first kappa shape index (κ1) is 24.7. The summed E-state index contributed by atoms with van der Waals surface area (Å²) >= 11 is 11.6. The van der Waals surface area contributed by atoms with Gasteiger partial charge in [-0.25, -0.2) is 8.42 Å². The number of benzene rings is 2. The molecule has 168 valence electrons. The van der Waals surface area contributed by atoms with Crippen molar-refractivity contribution >= 4 is 50.8 Å². The van der Waals surface area contributed by atoms with E-state index in [0.29, 0.717) is 17.2 Å². The Balaban J connectivity index is 1.92. The number of sulfonamides is 1. The molecule has 1 amide bonds. The highest BCUT2D eigenvalue weighted by Gasteiger charge is 2.21. The van der Waals surface area contributed by atoms with Crippen LogP contribution in [0.15, 0.2) is 41.3 Å². The summed E-state index contributed by atoms with van der Waals surface area (Å²) in [5.41, 5.74) is 0.394. The third-order valence-electron chi connectivity index (χ3n) is 3.94. The normalized spacial score (nSPS) is 12.0. The van der Waals surface area contributed by atoms with E-state index in [1.807, 2.05) is 0 Å². The van der Waals surface area contributed by atoms with Crippen LogP contribution in [0.5, 0.6) is 11.5 Å². The van der Waals surface area contributed by atoms with Crippen molar-refractivity contribution in [3.05, 3.63) is 46.4 Å². The lowest BCUT2D eigenvalue weighted by Gasteiger charge is -2.15. The largest absolute Gasteiger partial charge is 0.493 e. The molecule has 0 aliphatic carbocycles. The van der Waals surface area contributed by atoms with Crippen molar-refractivity contribution in [3.63, 3.8) is 0 Å². The zero-order valence-corrected chi connectivity index (χ0v) is 19.1. The quantitative estimate of drug-likeness (QED) is 0.518. The minimum atomic E-state index is -4.03.